The molecular formula is C15H25NOS. The first kappa shape index (κ1) is 15.4. The minimum atomic E-state index is 0.271. The smallest absolute Gasteiger partial charge is 0.133 e. The first-order valence-electron chi connectivity index (χ1n) is 6.66. The highest BCUT2D eigenvalue weighted by molar-refractivity contribution is 7.98. The normalized spacial score (nSPS) is 12.7. The van der Waals surface area contributed by atoms with E-state index in [9.17, 15) is 0 Å². The van der Waals surface area contributed by atoms with Crippen LogP contribution in [0.5, 0.6) is 5.75 Å². The van der Waals surface area contributed by atoms with Gasteiger partial charge in [0.25, 0.3) is 0 Å². The zero-order valence-electron chi connectivity index (χ0n) is 11.9. The van der Waals surface area contributed by atoms with Crippen molar-refractivity contribution >= 4 is 11.8 Å². The van der Waals surface area contributed by atoms with E-state index in [-0.39, 0.29) is 6.10 Å². The molecule has 1 atom stereocenters. The van der Waals surface area contributed by atoms with Gasteiger partial charge in [-0.25, -0.2) is 0 Å². The van der Waals surface area contributed by atoms with Crippen LogP contribution in [0.15, 0.2) is 29.2 Å². The number of rotatable bonds is 8. The van der Waals surface area contributed by atoms with Gasteiger partial charge >= 0.3 is 0 Å². The Hall–Kier alpha value is -0.670. The lowest BCUT2D eigenvalue weighted by atomic mass is 10.2. The van der Waals surface area contributed by atoms with Crippen molar-refractivity contribution in [2.45, 2.75) is 50.7 Å². The summed E-state index contributed by atoms with van der Waals surface area (Å²) in [4.78, 5) is 1.21. The third-order valence-electron chi connectivity index (χ3n) is 2.74. The Balaban J connectivity index is 2.33. The predicted octanol–water partition coefficient (Wildman–Crippen LogP) is 3.95. The minimum absolute atomic E-state index is 0.271. The van der Waals surface area contributed by atoms with Crippen LogP contribution in [0.3, 0.4) is 0 Å². The molecule has 1 unspecified atom stereocenters. The number of hydrogen-bond donors (Lipinski definition) is 1. The van der Waals surface area contributed by atoms with Crippen molar-refractivity contribution in [1.29, 1.82) is 0 Å². The highest BCUT2D eigenvalue weighted by Crippen LogP contribution is 2.28. The summed E-state index contributed by atoms with van der Waals surface area (Å²) in [5.74, 6) is 1.01. The van der Waals surface area contributed by atoms with E-state index in [0.29, 0.717) is 6.04 Å². The Morgan fingerprint density at radius 1 is 1.22 bits per heavy atom. The second-order valence-electron chi connectivity index (χ2n) is 4.83. The molecule has 0 bridgehead atoms. The summed E-state index contributed by atoms with van der Waals surface area (Å²) in [7, 11) is 0. The zero-order chi connectivity index (χ0) is 13.4. The molecule has 0 aliphatic heterocycles. The van der Waals surface area contributed by atoms with Gasteiger partial charge in [-0.3, -0.25) is 0 Å². The van der Waals surface area contributed by atoms with Gasteiger partial charge in [0.2, 0.25) is 0 Å². The largest absolute Gasteiger partial charge is 0.490 e. The number of para-hydroxylation sites is 1. The lowest BCUT2D eigenvalue weighted by Crippen LogP contribution is -2.25. The lowest BCUT2D eigenvalue weighted by molar-refractivity contribution is 0.202. The summed E-state index contributed by atoms with van der Waals surface area (Å²) in [6, 6.07) is 8.80. The molecule has 0 saturated carbocycles. The van der Waals surface area contributed by atoms with Crippen molar-refractivity contribution in [1.82, 2.24) is 5.32 Å². The Bertz CT molecular complexity index is 341. The maximum absolute atomic E-state index is 5.99. The van der Waals surface area contributed by atoms with Gasteiger partial charge in [-0.1, -0.05) is 26.0 Å². The van der Waals surface area contributed by atoms with Crippen molar-refractivity contribution in [3.05, 3.63) is 24.3 Å². The Kier molecular flexibility index (Phi) is 7.21. The summed E-state index contributed by atoms with van der Waals surface area (Å²) in [5, 5.41) is 3.43. The molecule has 0 saturated heterocycles. The highest BCUT2D eigenvalue weighted by Gasteiger charge is 2.07. The zero-order valence-corrected chi connectivity index (χ0v) is 12.7. The van der Waals surface area contributed by atoms with Crippen molar-refractivity contribution in [2.24, 2.45) is 0 Å². The van der Waals surface area contributed by atoms with Crippen LogP contribution in [0, 0.1) is 0 Å². The van der Waals surface area contributed by atoms with E-state index in [1.165, 1.54) is 4.90 Å². The summed E-state index contributed by atoms with van der Waals surface area (Å²) in [6.07, 6.45) is 4.59. The minimum Gasteiger partial charge on any atom is -0.490 e. The molecule has 0 spiro atoms. The molecule has 3 heteroatoms. The van der Waals surface area contributed by atoms with Crippen molar-refractivity contribution in [3.63, 3.8) is 0 Å². The molecule has 1 rings (SSSR count). The predicted molar refractivity (Wildman–Crippen MR) is 80.7 cm³/mol. The summed E-state index contributed by atoms with van der Waals surface area (Å²) >= 11 is 1.73. The van der Waals surface area contributed by atoms with Crippen LogP contribution in [0.1, 0.15) is 33.6 Å². The lowest BCUT2D eigenvalue weighted by Gasteiger charge is -2.17. The molecule has 1 aromatic carbocycles. The Morgan fingerprint density at radius 2 is 1.94 bits per heavy atom. The average Bonchev–Trinajstić information content (AvgIpc) is 2.35. The van der Waals surface area contributed by atoms with Crippen LogP contribution < -0.4 is 10.1 Å². The molecule has 18 heavy (non-hydrogen) atoms. The average molecular weight is 267 g/mol. The van der Waals surface area contributed by atoms with E-state index in [4.69, 9.17) is 4.74 Å². The summed E-state index contributed by atoms with van der Waals surface area (Å²) in [6.45, 7) is 7.56. The van der Waals surface area contributed by atoms with E-state index in [1.54, 1.807) is 11.8 Å². The number of hydrogen-bond acceptors (Lipinski definition) is 3. The fourth-order valence-corrected chi connectivity index (χ4v) is 2.30. The molecule has 0 radical (unpaired) electrons. The molecule has 0 fully saturated rings. The van der Waals surface area contributed by atoms with E-state index in [0.717, 1.165) is 25.1 Å². The number of thioether (sulfide) groups is 1. The third-order valence-corrected chi connectivity index (χ3v) is 3.51. The van der Waals surface area contributed by atoms with Crippen molar-refractivity contribution < 1.29 is 4.74 Å². The first-order chi connectivity index (χ1) is 8.63. The van der Waals surface area contributed by atoms with E-state index in [1.807, 2.05) is 6.07 Å². The molecule has 0 aliphatic rings. The van der Waals surface area contributed by atoms with Crippen LogP contribution in [0.25, 0.3) is 0 Å². The number of ether oxygens (including phenoxy) is 1. The van der Waals surface area contributed by atoms with Crippen molar-refractivity contribution in [2.75, 3.05) is 12.8 Å². The second kappa shape index (κ2) is 8.44. The van der Waals surface area contributed by atoms with Gasteiger partial charge in [-0.15, -0.1) is 11.8 Å². The summed E-state index contributed by atoms with van der Waals surface area (Å²) < 4.78 is 5.99. The van der Waals surface area contributed by atoms with Crippen LogP contribution in [-0.2, 0) is 0 Å². The van der Waals surface area contributed by atoms with Gasteiger partial charge in [0, 0.05) is 10.9 Å². The second-order valence-corrected chi connectivity index (χ2v) is 5.68. The van der Waals surface area contributed by atoms with Gasteiger partial charge < -0.3 is 10.1 Å². The fraction of sp³-hybridized carbons (Fsp3) is 0.600. The van der Waals surface area contributed by atoms with Gasteiger partial charge in [-0.05, 0) is 44.7 Å². The van der Waals surface area contributed by atoms with Crippen LogP contribution in [-0.4, -0.2) is 24.9 Å². The maximum Gasteiger partial charge on any atom is 0.133 e. The fourth-order valence-electron chi connectivity index (χ4n) is 1.77. The highest BCUT2D eigenvalue weighted by atomic mass is 32.2. The van der Waals surface area contributed by atoms with Gasteiger partial charge in [-0.2, -0.15) is 0 Å². The molecule has 1 aromatic rings. The van der Waals surface area contributed by atoms with E-state index < -0.39 is 0 Å². The SMILES string of the molecule is CSc1ccccc1OC(C)CCCNC(C)C. The number of benzene rings is 1. The molecule has 0 amide bonds. The maximum atomic E-state index is 5.99. The van der Waals surface area contributed by atoms with Crippen LogP contribution >= 0.6 is 11.8 Å². The Labute approximate surface area is 116 Å². The molecular weight excluding hydrogens is 242 g/mol. The van der Waals surface area contributed by atoms with Crippen LogP contribution in [0.4, 0.5) is 0 Å². The molecule has 0 aliphatic carbocycles. The van der Waals surface area contributed by atoms with Gasteiger partial charge in [0.15, 0.2) is 0 Å². The standard InChI is InChI=1S/C15H25NOS/c1-12(2)16-11-7-8-13(3)17-14-9-5-6-10-15(14)18-4/h5-6,9-10,12-13,16H,7-8,11H2,1-4H3. The molecule has 1 N–H and O–H groups in total. The van der Waals surface area contributed by atoms with E-state index >= 15 is 0 Å². The van der Waals surface area contributed by atoms with Gasteiger partial charge in [0.05, 0.1) is 6.10 Å². The first-order valence-corrected chi connectivity index (χ1v) is 7.89. The summed E-state index contributed by atoms with van der Waals surface area (Å²) in [5.41, 5.74) is 0. The third kappa shape index (κ3) is 5.78. The number of nitrogens with one attached hydrogen (secondary N) is 1. The van der Waals surface area contributed by atoms with Crippen LogP contribution in [0.2, 0.25) is 0 Å². The quantitative estimate of drug-likeness (QED) is 0.569. The molecule has 2 nitrogen and oxygen atoms in total. The molecule has 102 valence electrons. The Morgan fingerprint density at radius 3 is 2.61 bits per heavy atom. The molecule has 0 heterocycles. The monoisotopic (exact) mass is 267 g/mol. The van der Waals surface area contributed by atoms with Crippen molar-refractivity contribution in [3.8, 4) is 5.75 Å². The van der Waals surface area contributed by atoms with E-state index in [2.05, 4.69) is 50.5 Å². The van der Waals surface area contributed by atoms with Gasteiger partial charge in [0.1, 0.15) is 5.75 Å². The molecule has 0 aromatic heterocycles. The topological polar surface area (TPSA) is 21.3 Å².